The van der Waals surface area contributed by atoms with Gasteiger partial charge in [-0.05, 0) is 37.0 Å². The molecule has 1 aromatic rings. The number of carbonyl (C=O) groups excluding carboxylic acids is 2. The lowest BCUT2D eigenvalue weighted by Crippen LogP contribution is -2.82. The van der Waals surface area contributed by atoms with Crippen molar-refractivity contribution in [3.63, 3.8) is 0 Å². The number of hydrogen-bond donors (Lipinski definition) is 1. The Balaban J connectivity index is 1.36. The van der Waals surface area contributed by atoms with Crippen molar-refractivity contribution in [3.8, 4) is 5.75 Å². The van der Waals surface area contributed by atoms with Gasteiger partial charge < -0.3 is 9.84 Å². The zero-order valence-corrected chi connectivity index (χ0v) is 18.2. The van der Waals surface area contributed by atoms with Crippen molar-refractivity contribution in [1.82, 2.24) is 14.7 Å². The smallest absolute Gasteiger partial charge is 0.252 e. The number of β-amino-alcohol motifs (C(OH)–C–C–N with tert-alkyl or cyclic N) is 1. The van der Waals surface area contributed by atoms with E-state index < -0.39 is 23.6 Å². The van der Waals surface area contributed by atoms with Crippen molar-refractivity contribution in [2.24, 2.45) is 0 Å². The van der Waals surface area contributed by atoms with Gasteiger partial charge in [0.15, 0.2) is 0 Å². The molecule has 5 rings (SSSR count). The predicted molar refractivity (Wildman–Crippen MR) is 111 cm³/mol. The van der Waals surface area contributed by atoms with Crippen molar-refractivity contribution in [2.45, 2.75) is 68.3 Å². The molecule has 9 heteroatoms. The number of likely N-dealkylation sites (tertiary alicyclic amines) is 1. The molecule has 2 amide bonds. The highest BCUT2D eigenvalue weighted by atomic mass is 19.3. The van der Waals surface area contributed by atoms with Gasteiger partial charge in [-0.1, -0.05) is 12.1 Å². The summed E-state index contributed by atoms with van der Waals surface area (Å²) in [4.78, 5) is 32.2. The number of hydrogen-bond acceptors (Lipinski definition) is 6. The van der Waals surface area contributed by atoms with E-state index in [0.717, 1.165) is 5.56 Å². The number of imide groups is 1. The van der Waals surface area contributed by atoms with E-state index in [1.165, 1.54) is 4.90 Å². The first-order valence-corrected chi connectivity index (χ1v) is 11.3. The summed E-state index contributed by atoms with van der Waals surface area (Å²) >= 11 is 0. The van der Waals surface area contributed by atoms with Crippen LogP contribution in [0.25, 0.3) is 0 Å². The Bertz CT molecular complexity index is 893. The van der Waals surface area contributed by atoms with Gasteiger partial charge in [-0.2, -0.15) is 0 Å². The summed E-state index contributed by atoms with van der Waals surface area (Å²) in [6, 6.07) is 6.75. The minimum absolute atomic E-state index is 0.0340. The van der Waals surface area contributed by atoms with Gasteiger partial charge in [0.05, 0.1) is 25.8 Å². The number of aliphatic hydroxyl groups excluding tert-OH is 1. The van der Waals surface area contributed by atoms with E-state index in [1.807, 2.05) is 17.0 Å². The highest BCUT2D eigenvalue weighted by Gasteiger charge is 2.65. The van der Waals surface area contributed by atoms with Gasteiger partial charge in [0.1, 0.15) is 11.3 Å². The highest BCUT2D eigenvalue weighted by Crippen LogP contribution is 2.44. The molecule has 4 aliphatic rings. The van der Waals surface area contributed by atoms with Crippen LogP contribution in [0, 0.1) is 0 Å². The lowest BCUT2D eigenvalue weighted by molar-refractivity contribution is -0.185. The summed E-state index contributed by atoms with van der Waals surface area (Å²) in [6.07, 6.45) is 0.236. The normalized spacial score (nSPS) is 30.4. The van der Waals surface area contributed by atoms with E-state index in [2.05, 4.69) is 4.90 Å². The second-order valence-electron chi connectivity index (χ2n) is 9.66. The molecule has 1 saturated carbocycles. The van der Waals surface area contributed by atoms with Gasteiger partial charge >= 0.3 is 0 Å². The first kappa shape index (κ1) is 21.7. The fourth-order valence-electron chi connectivity index (χ4n) is 5.83. The number of methoxy groups -OCH3 is 1. The number of halogens is 2. The first-order chi connectivity index (χ1) is 15.2. The largest absolute Gasteiger partial charge is 0.497 e. The van der Waals surface area contributed by atoms with Crippen LogP contribution in [-0.2, 0) is 16.1 Å². The van der Waals surface area contributed by atoms with Gasteiger partial charge in [-0.3, -0.25) is 24.3 Å². The molecule has 32 heavy (non-hydrogen) atoms. The molecule has 0 unspecified atom stereocenters. The number of alkyl halides is 2. The van der Waals surface area contributed by atoms with Crippen molar-refractivity contribution in [3.05, 3.63) is 29.8 Å². The second-order valence-corrected chi connectivity index (χ2v) is 9.66. The molecule has 3 saturated heterocycles. The predicted octanol–water partition coefficient (Wildman–Crippen LogP) is 1.63. The Kier molecular flexibility index (Phi) is 5.26. The highest BCUT2D eigenvalue weighted by molar-refractivity contribution is 6.06. The molecule has 0 bridgehead atoms. The van der Waals surface area contributed by atoms with E-state index in [4.69, 9.17) is 4.74 Å². The molecule has 1 aromatic carbocycles. The molecule has 1 spiro atoms. The maximum atomic E-state index is 13.7. The number of amides is 2. The summed E-state index contributed by atoms with van der Waals surface area (Å²) in [5.41, 5.74) is -0.0528. The molecular formula is C23H29F2N3O4. The maximum absolute atomic E-state index is 13.7. The van der Waals surface area contributed by atoms with Crippen LogP contribution in [0.4, 0.5) is 8.78 Å². The number of carbonyl (C=O) groups is 2. The summed E-state index contributed by atoms with van der Waals surface area (Å²) in [5.74, 6) is -2.42. The molecule has 2 atom stereocenters. The van der Waals surface area contributed by atoms with E-state index in [0.29, 0.717) is 38.1 Å². The van der Waals surface area contributed by atoms with Crippen LogP contribution in [0.15, 0.2) is 24.3 Å². The minimum Gasteiger partial charge on any atom is -0.497 e. The molecular weight excluding hydrogens is 420 g/mol. The first-order valence-electron chi connectivity index (χ1n) is 11.3. The van der Waals surface area contributed by atoms with Gasteiger partial charge in [0.2, 0.25) is 11.8 Å². The summed E-state index contributed by atoms with van der Waals surface area (Å²) in [6.45, 7) is 1.28. The van der Waals surface area contributed by atoms with Crippen LogP contribution in [-0.4, -0.2) is 88.0 Å². The van der Waals surface area contributed by atoms with Crippen LogP contribution in [0.1, 0.15) is 37.7 Å². The SMILES string of the molecule is COc1ccc(CN2C(=O)[C@@H]3C[C@@H](O)CN3C3(CN(C4CCC(F)(F)CC4)C3)C2=O)cc1. The molecule has 4 fully saturated rings. The fraction of sp³-hybridized carbons (Fsp3) is 0.652. The summed E-state index contributed by atoms with van der Waals surface area (Å²) in [7, 11) is 1.58. The van der Waals surface area contributed by atoms with Crippen LogP contribution < -0.4 is 4.74 Å². The third kappa shape index (κ3) is 3.50. The number of aliphatic hydroxyl groups is 1. The zero-order valence-electron chi connectivity index (χ0n) is 18.2. The molecule has 3 heterocycles. The maximum Gasteiger partial charge on any atom is 0.252 e. The number of fused-ring (bicyclic) bond motifs is 2. The number of nitrogens with zero attached hydrogens (tertiary/aromatic N) is 3. The summed E-state index contributed by atoms with van der Waals surface area (Å²) in [5, 5.41) is 10.3. The Labute approximate surface area is 185 Å². The standard InChI is InChI=1S/C23H29F2N3O4/c1-32-18-4-2-15(3-5-18)11-27-20(30)19-10-17(29)12-28(19)22(21(27)31)13-26(14-22)16-6-8-23(24,25)9-7-16/h2-5,16-17,19,29H,6-14H2,1H3/t17-,19+/m1/s1. The lowest BCUT2D eigenvalue weighted by atomic mass is 9.79. The Morgan fingerprint density at radius 1 is 1.12 bits per heavy atom. The van der Waals surface area contributed by atoms with Crippen molar-refractivity contribution in [2.75, 3.05) is 26.7 Å². The fourth-order valence-corrected chi connectivity index (χ4v) is 5.83. The third-order valence-corrected chi connectivity index (χ3v) is 7.66. The quantitative estimate of drug-likeness (QED) is 0.705. The zero-order chi connectivity index (χ0) is 22.7. The molecule has 3 aliphatic heterocycles. The number of rotatable bonds is 4. The second kappa shape index (κ2) is 7.74. The van der Waals surface area contributed by atoms with Crippen molar-refractivity contribution in [1.29, 1.82) is 0 Å². The van der Waals surface area contributed by atoms with Crippen LogP contribution in [0.5, 0.6) is 5.75 Å². The summed E-state index contributed by atoms with van der Waals surface area (Å²) < 4.78 is 32.3. The molecule has 1 aliphatic carbocycles. The van der Waals surface area contributed by atoms with Gasteiger partial charge in [0.25, 0.3) is 5.91 Å². The van der Waals surface area contributed by atoms with E-state index in [1.54, 1.807) is 19.2 Å². The number of ether oxygens (including phenoxy) is 1. The average molecular weight is 449 g/mol. The Hall–Kier alpha value is -2.10. The van der Waals surface area contributed by atoms with Crippen molar-refractivity contribution < 1.29 is 28.2 Å². The Morgan fingerprint density at radius 3 is 2.41 bits per heavy atom. The van der Waals surface area contributed by atoms with Gasteiger partial charge in [0, 0.05) is 38.5 Å². The molecule has 174 valence electrons. The van der Waals surface area contributed by atoms with E-state index in [9.17, 15) is 23.5 Å². The number of benzene rings is 1. The van der Waals surface area contributed by atoms with E-state index in [-0.39, 0.29) is 43.8 Å². The monoisotopic (exact) mass is 449 g/mol. The Morgan fingerprint density at radius 2 is 1.78 bits per heavy atom. The van der Waals surface area contributed by atoms with Crippen LogP contribution in [0.2, 0.25) is 0 Å². The third-order valence-electron chi connectivity index (χ3n) is 7.66. The molecule has 1 N–H and O–H groups in total. The number of piperazine rings is 1. The van der Waals surface area contributed by atoms with Crippen LogP contribution >= 0.6 is 0 Å². The van der Waals surface area contributed by atoms with Gasteiger partial charge in [-0.25, -0.2) is 8.78 Å². The van der Waals surface area contributed by atoms with Gasteiger partial charge in [-0.15, -0.1) is 0 Å². The van der Waals surface area contributed by atoms with Crippen LogP contribution in [0.3, 0.4) is 0 Å². The van der Waals surface area contributed by atoms with E-state index >= 15 is 0 Å². The van der Waals surface area contributed by atoms with Crippen molar-refractivity contribution >= 4 is 11.8 Å². The lowest BCUT2D eigenvalue weighted by Gasteiger charge is -2.60. The molecule has 0 aromatic heterocycles. The molecule has 7 nitrogen and oxygen atoms in total. The molecule has 0 radical (unpaired) electrons. The average Bonchev–Trinajstić information content (AvgIpc) is 3.13. The topological polar surface area (TPSA) is 73.3 Å². The minimum atomic E-state index is -2.59.